The van der Waals surface area contributed by atoms with Crippen LogP contribution in [0.25, 0.3) is 0 Å². The lowest BCUT2D eigenvalue weighted by molar-refractivity contribution is -0.115. The fourth-order valence-electron chi connectivity index (χ4n) is 1.68. The van der Waals surface area contributed by atoms with E-state index in [9.17, 15) is 9.59 Å². The number of para-hydroxylation sites is 1. The second-order valence-corrected chi connectivity index (χ2v) is 4.30. The minimum Gasteiger partial charge on any atom is -0.326 e. The number of benzene rings is 2. The Hall–Kier alpha value is -2.62. The van der Waals surface area contributed by atoms with E-state index in [-0.39, 0.29) is 11.8 Å². The van der Waals surface area contributed by atoms with Crippen molar-refractivity contribution in [3.63, 3.8) is 0 Å². The number of rotatable bonds is 4. The molecular formula is C16H16N2O2. The van der Waals surface area contributed by atoms with Crippen molar-refractivity contribution in [3.05, 3.63) is 60.2 Å². The average molecular weight is 268 g/mol. The molecular weight excluding hydrogens is 252 g/mol. The molecule has 2 aromatic carbocycles. The molecule has 0 saturated heterocycles. The summed E-state index contributed by atoms with van der Waals surface area (Å²) in [4.78, 5) is 23.3. The summed E-state index contributed by atoms with van der Waals surface area (Å²) in [6.45, 7) is 1.79. The van der Waals surface area contributed by atoms with Gasteiger partial charge in [0.15, 0.2) is 0 Å². The van der Waals surface area contributed by atoms with Gasteiger partial charge in [0.25, 0.3) is 5.91 Å². The van der Waals surface area contributed by atoms with Gasteiger partial charge in [-0.05, 0) is 36.4 Å². The van der Waals surface area contributed by atoms with Crippen molar-refractivity contribution in [3.8, 4) is 0 Å². The minimum absolute atomic E-state index is 0.0495. The summed E-state index contributed by atoms with van der Waals surface area (Å²) in [5, 5.41) is 5.54. The van der Waals surface area contributed by atoms with Crippen molar-refractivity contribution in [2.24, 2.45) is 0 Å². The molecule has 2 aromatic rings. The third-order valence-corrected chi connectivity index (χ3v) is 2.78. The number of carbonyl (C=O) groups is 2. The molecule has 4 nitrogen and oxygen atoms in total. The van der Waals surface area contributed by atoms with Crippen LogP contribution in [0.4, 0.5) is 11.4 Å². The van der Waals surface area contributed by atoms with Gasteiger partial charge >= 0.3 is 0 Å². The van der Waals surface area contributed by atoms with Gasteiger partial charge in [0.1, 0.15) is 0 Å². The van der Waals surface area contributed by atoms with Crippen molar-refractivity contribution in [2.75, 3.05) is 10.6 Å². The predicted molar refractivity (Wildman–Crippen MR) is 79.8 cm³/mol. The largest absolute Gasteiger partial charge is 0.326 e. The molecule has 0 radical (unpaired) electrons. The van der Waals surface area contributed by atoms with E-state index in [2.05, 4.69) is 10.6 Å². The van der Waals surface area contributed by atoms with E-state index >= 15 is 0 Å². The molecule has 0 aliphatic rings. The number of nitrogens with one attached hydrogen (secondary N) is 2. The van der Waals surface area contributed by atoms with E-state index in [1.165, 1.54) is 0 Å². The summed E-state index contributed by atoms with van der Waals surface area (Å²) in [5.74, 6) is -0.226. The van der Waals surface area contributed by atoms with Crippen molar-refractivity contribution in [1.29, 1.82) is 0 Å². The van der Waals surface area contributed by atoms with Crippen LogP contribution in [0.5, 0.6) is 0 Å². The van der Waals surface area contributed by atoms with E-state index in [1.54, 1.807) is 31.2 Å². The van der Waals surface area contributed by atoms with Gasteiger partial charge in [0.2, 0.25) is 5.91 Å². The van der Waals surface area contributed by atoms with Gasteiger partial charge in [0.05, 0.1) is 0 Å². The zero-order valence-electron chi connectivity index (χ0n) is 11.2. The van der Waals surface area contributed by atoms with Crippen LogP contribution in [0.1, 0.15) is 23.7 Å². The van der Waals surface area contributed by atoms with E-state index in [0.717, 1.165) is 5.69 Å². The maximum Gasteiger partial charge on any atom is 0.255 e. The first kappa shape index (κ1) is 13.8. The summed E-state index contributed by atoms with van der Waals surface area (Å²) in [6.07, 6.45) is 0.427. The van der Waals surface area contributed by atoms with Gasteiger partial charge < -0.3 is 10.6 Å². The Labute approximate surface area is 117 Å². The number of anilines is 2. The summed E-state index contributed by atoms with van der Waals surface area (Å²) in [5.41, 5.74) is 1.98. The van der Waals surface area contributed by atoms with Crippen LogP contribution in [0.2, 0.25) is 0 Å². The minimum atomic E-state index is -0.176. The second-order valence-electron chi connectivity index (χ2n) is 4.30. The van der Waals surface area contributed by atoms with Gasteiger partial charge in [-0.15, -0.1) is 0 Å². The highest BCUT2D eigenvalue weighted by Crippen LogP contribution is 2.12. The van der Waals surface area contributed by atoms with E-state index in [0.29, 0.717) is 17.7 Å². The molecule has 2 rings (SSSR count). The third kappa shape index (κ3) is 3.68. The normalized spacial score (nSPS) is 9.85. The van der Waals surface area contributed by atoms with Crippen LogP contribution in [0.15, 0.2) is 54.6 Å². The smallest absolute Gasteiger partial charge is 0.255 e. The molecule has 0 heterocycles. The number of amides is 2. The Kier molecular flexibility index (Phi) is 4.50. The average Bonchev–Trinajstić information content (AvgIpc) is 2.49. The Morgan fingerprint density at radius 1 is 0.850 bits per heavy atom. The summed E-state index contributed by atoms with van der Waals surface area (Å²) < 4.78 is 0. The Morgan fingerprint density at radius 3 is 2.05 bits per heavy atom. The maximum absolute atomic E-state index is 12.0. The van der Waals surface area contributed by atoms with Crippen LogP contribution in [0, 0.1) is 0 Å². The lowest BCUT2D eigenvalue weighted by Gasteiger charge is -2.07. The van der Waals surface area contributed by atoms with Crippen LogP contribution in [-0.4, -0.2) is 11.8 Å². The van der Waals surface area contributed by atoms with Gasteiger partial charge in [-0.3, -0.25) is 9.59 Å². The fourth-order valence-corrected chi connectivity index (χ4v) is 1.68. The standard InChI is InChI=1S/C16H16N2O2/c1-2-15(19)17-14-10-8-12(9-11-14)16(20)18-13-6-4-3-5-7-13/h3-11H,2H2,1H3,(H,17,19)(H,18,20). The lowest BCUT2D eigenvalue weighted by Crippen LogP contribution is -2.12. The van der Waals surface area contributed by atoms with E-state index in [4.69, 9.17) is 0 Å². The third-order valence-electron chi connectivity index (χ3n) is 2.78. The number of hydrogen-bond acceptors (Lipinski definition) is 2. The van der Waals surface area contributed by atoms with Crippen LogP contribution in [0.3, 0.4) is 0 Å². The molecule has 0 spiro atoms. The summed E-state index contributed by atoms with van der Waals surface area (Å²) in [7, 11) is 0. The zero-order chi connectivity index (χ0) is 14.4. The lowest BCUT2D eigenvalue weighted by atomic mass is 10.2. The van der Waals surface area contributed by atoms with Crippen molar-refractivity contribution in [2.45, 2.75) is 13.3 Å². The number of carbonyl (C=O) groups excluding carboxylic acids is 2. The first-order chi connectivity index (χ1) is 9.69. The quantitative estimate of drug-likeness (QED) is 0.894. The molecule has 2 amide bonds. The Morgan fingerprint density at radius 2 is 1.45 bits per heavy atom. The predicted octanol–water partition coefficient (Wildman–Crippen LogP) is 3.29. The zero-order valence-corrected chi connectivity index (χ0v) is 11.2. The SMILES string of the molecule is CCC(=O)Nc1ccc(C(=O)Nc2ccccc2)cc1. The topological polar surface area (TPSA) is 58.2 Å². The maximum atomic E-state index is 12.0. The molecule has 0 atom stereocenters. The first-order valence-electron chi connectivity index (χ1n) is 6.45. The first-order valence-corrected chi connectivity index (χ1v) is 6.45. The number of hydrogen-bond donors (Lipinski definition) is 2. The fraction of sp³-hybridized carbons (Fsp3) is 0.125. The molecule has 0 fully saturated rings. The van der Waals surface area contributed by atoms with E-state index in [1.807, 2.05) is 30.3 Å². The monoisotopic (exact) mass is 268 g/mol. The van der Waals surface area contributed by atoms with Crippen molar-refractivity contribution >= 4 is 23.2 Å². The molecule has 0 saturated carbocycles. The molecule has 2 N–H and O–H groups in total. The molecule has 0 aromatic heterocycles. The van der Waals surface area contributed by atoms with Gasteiger partial charge in [-0.1, -0.05) is 25.1 Å². The molecule has 0 aliphatic heterocycles. The van der Waals surface area contributed by atoms with Gasteiger partial charge in [0, 0.05) is 23.4 Å². The molecule has 0 aliphatic carbocycles. The molecule has 0 bridgehead atoms. The second kappa shape index (κ2) is 6.52. The molecule has 20 heavy (non-hydrogen) atoms. The molecule has 0 unspecified atom stereocenters. The summed E-state index contributed by atoms with van der Waals surface area (Å²) in [6, 6.07) is 16.1. The summed E-state index contributed by atoms with van der Waals surface area (Å²) >= 11 is 0. The highest BCUT2D eigenvalue weighted by Gasteiger charge is 2.06. The highest BCUT2D eigenvalue weighted by molar-refractivity contribution is 6.04. The Bertz CT molecular complexity index is 592. The molecule has 4 heteroatoms. The highest BCUT2D eigenvalue weighted by atomic mass is 16.2. The van der Waals surface area contributed by atoms with Crippen LogP contribution in [-0.2, 0) is 4.79 Å². The van der Waals surface area contributed by atoms with Crippen LogP contribution < -0.4 is 10.6 Å². The van der Waals surface area contributed by atoms with Gasteiger partial charge in [-0.2, -0.15) is 0 Å². The Balaban J connectivity index is 2.02. The van der Waals surface area contributed by atoms with Crippen LogP contribution >= 0.6 is 0 Å². The molecule has 102 valence electrons. The van der Waals surface area contributed by atoms with Crippen molar-refractivity contribution in [1.82, 2.24) is 0 Å². The van der Waals surface area contributed by atoms with E-state index < -0.39 is 0 Å². The van der Waals surface area contributed by atoms with Gasteiger partial charge in [-0.25, -0.2) is 0 Å². The van der Waals surface area contributed by atoms with Crippen molar-refractivity contribution < 1.29 is 9.59 Å².